The van der Waals surface area contributed by atoms with E-state index in [0.29, 0.717) is 24.1 Å². The standard InChI is InChI=1S/C21H27ClN6O.HI/c1-4-18-17(20(5-2)29-27-18)13-24-21(23-3)25-14-19(28-12-6-11-26-28)15-7-9-16(22)10-8-15;/h6-12,19H,4-5,13-14H2,1-3H3,(H2,23,24,25);1H. The number of hydrogen-bond donors (Lipinski definition) is 2. The van der Waals surface area contributed by atoms with Crippen LogP contribution in [0, 0.1) is 0 Å². The molecule has 3 aromatic rings. The summed E-state index contributed by atoms with van der Waals surface area (Å²) in [7, 11) is 1.76. The van der Waals surface area contributed by atoms with E-state index < -0.39 is 0 Å². The van der Waals surface area contributed by atoms with Crippen LogP contribution in [0.2, 0.25) is 5.02 Å². The fourth-order valence-electron chi connectivity index (χ4n) is 3.24. The summed E-state index contributed by atoms with van der Waals surface area (Å²) in [5, 5.41) is 16.1. The van der Waals surface area contributed by atoms with E-state index in [4.69, 9.17) is 16.1 Å². The van der Waals surface area contributed by atoms with E-state index in [1.165, 1.54) is 0 Å². The zero-order chi connectivity index (χ0) is 20.6. The van der Waals surface area contributed by atoms with Gasteiger partial charge >= 0.3 is 0 Å². The maximum atomic E-state index is 6.05. The molecule has 2 aromatic heterocycles. The number of hydrogen-bond acceptors (Lipinski definition) is 4. The number of aliphatic imine (C=N–C) groups is 1. The Labute approximate surface area is 199 Å². The van der Waals surface area contributed by atoms with Crippen molar-refractivity contribution >= 4 is 41.5 Å². The molecule has 1 unspecified atom stereocenters. The quantitative estimate of drug-likeness (QED) is 0.253. The normalized spacial score (nSPS) is 12.3. The van der Waals surface area contributed by atoms with Gasteiger partial charge in [-0.15, -0.1) is 24.0 Å². The molecular formula is C21H28ClIN6O. The van der Waals surface area contributed by atoms with E-state index in [9.17, 15) is 0 Å². The molecule has 0 radical (unpaired) electrons. The number of aryl methyl sites for hydroxylation is 2. The average molecular weight is 543 g/mol. The van der Waals surface area contributed by atoms with Crippen LogP contribution in [0.5, 0.6) is 0 Å². The number of benzene rings is 1. The lowest BCUT2D eigenvalue weighted by molar-refractivity contribution is 0.380. The van der Waals surface area contributed by atoms with Gasteiger partial charge in [0, 0.05) is 49.5 Å². The lowest BCUT2D eigenvalue weighted by atomic mass is 10.1. The SMILES string of the molecule is CCc1noc(CC)c1CNC(=NC)NCC(c1ccc(Cl)cc1)n1cccn1.I. The van der Waals surface area contributed by atoms with Crippen LogP contribution in [0.4, 0.5) is 0 Å². The molecular weight excluding hydrogens is 515 g/mol. The van der Waals surface area contributed by atoms with E-state index in [-0.39, 0.29) is 30.0 Å². The summed E-state index contributed by atoms with van der Waals surface area (Å²) in [6.45, 7) is 5.38. The van der Waals surface area contributed by atoms with Crippen LogP contribution in [-0.4, -0.2) is 34.5 Å². The highest BCUT2D eigenvalue weighted by atomic mass is 127. The molecule has 0 aliphatic heterocycles. The van der Waals surface area contributed by atoms with Gasteiger partial charge in [0.2, 0.25) is 0 Å². The number of guanidine groups is 1. The van der Waals surface area contributed by atoms with Gasteiger partial charge in [-0.1, -0.05) is 42.7 Å². The zero-order valence-corrected chi connectivity index (χ0v) is 20.5. The summed E-state index contributed by atoms with van der Waals surface area (Å²) in [4.78, 5) is 4.35. The van der Waals surface area contributed by atoms with E-state index in [2.05, 4.69) is 39.7 Å². The Morgan fingerprint density at radius 3 is 2.57 bits per heavy atom. The molecule has 9 heteroatoms. The minimum absolute atomic E-state index is 0. The number of nitrogens with one attached hydrogen (secondary N) is 2. The van der Waals surface area contributed by atoms with E-state index >= 15 is 0 Å². The second-order valence-electron chi connectivity index (χ2n) is 6.60. The number of rotatable bonds is 8. The fourth-order valence-corrected chi connectivity index (χ4v) is 3.36. The molecule has 1 aromatic carbocycles. The molecule has 30 heavy (non-hydrogen) atoms. The molecule has 0 fully saturated rings. The Morgan fingerprint density at radius 1 is 1.20 bits per heavy atom. The van der Waals surface area contributed by atoms with E-state index in [1.807, 2.05) is 41.2 Å². The minimum atomic E-state index is 0. The predicted octanol–water partition coefficient (Wildman–Crippen LogP) is 4.22. The van der Waals surface area contributed by atoms with Gasteiger partial charge in [0.1, 0.15) is 5.76 Å². The second-order valence-corrected chi connectivity index (χ2v) is 7.03. The Hall–Kier alpha value is -2.07. The highest BCUT2D eigenvalue weighted by molar-refractivity contribution is 14.0. The first kappa shape index (κ1) is 24.2. The van der Waals surface area contributed by atoms with Gasteiger partial charge in [-0.05, 0) is 30.2 Å². The summed E-state index contributed by atoms with van der Waals surface area (Å²) in [6.07, 6.45) is 5.38. The Kier molecular flexibility index (Phi) is 9.64. The molecule has 0 spiro atoms. The molecule has 0 saturated carbocycles. The molecule has 2 heterocycles. The van der Waals surface area contributed by atoms with Crippen molar-refractivity contribution in [3.63, 3.8) is 0 Å². The van der Waals surface area contributed by atoms with Gasteiger partial charge in [0.15, 0.2) is 5.96 Å². The maximum Gasteiger partial charge on any atom is 0.191 e. The Bertz CT molecular complexity index is 902. The van der Waals surface area contributed by atoms with Crippen LogP contribution < -0.4 is 10.6 Å². The third-order valence-corrected chi connectivity index (χ3v) is 5.08. The maximum absolute atomic E-state index is 6.05. The van der Waals surface area contributed by atoms with Crippen molar-refractivity contribution < 1.29 is 4.52 Å². The van der Waals surface area contributed by atoms with E-state index in [1.54, 1.807) is 13.2 Å². The van der Waals surface area contributed by atoms with Crippen LogP contribution in [0.25, 0.3) is 0 Å². The highest BCUT2D eigenvalue weighted by Gasteiger charge is 2.16. The topological polar surface area (TPSA) is 80.3 Å². The predicted molar refractivity (Wildman–Crippen MR) is 131 cm³/mol. The molecule has 0 saturated heterocycles. The molecule has 0 amide bonds. The summed E-state index contributed by atoms with van der Waals surface area (Å²) >= 11 is 6.05. The highest BCUT2D eigenvalue weighted by Crippen LogP contribution is 2.19. The van der Waals surface area contributed by atoms with Crippen molar-refractivity contribution in [1.29, 1.82) is 0 Å². The molecule has 3 rings (SSSR count). The first-order valence-electron chi connectivity index (χ1n) is 9.81. The van der Waals surface area contributed by atoms with Crippen molar-refractivity contribution in [2.75, 3.05) is 13.6 Å². The monoisotopic (exact) mass is 542 g/mol. The smallest absolute Gasteiger partial charge is 0.191 e. The van der Waals surface area contributed by atoms with Crippen molar-refractivity contribution in [3.8, 4) is 0 Å². The van der Waals surface area contributed by atoms with E-state index in [0.717, 1.165) is 35.4 Å². The summed E-state index contributed by atoms with van der Waals surface area (Å²) < 4.78 is 7.37. The summed E-state index contributed by atoms with van der Waals surface area (Å²) in [5.41, 5.74) is 3.21. The van der Waals surface area contributed by atoms with Crippen molar-refractivity contribution in [3.05, 3.63) is 70.3 Å². The average Bonchev–Trinajstić information content (AvgIpc) is 3.41. The summed E-state index contributed by atoms with van der Waals surface area (Å²) in [6, 6.07) is 9.75. The molecule has 7 nitrogen and oxygen atoms in total. The van der Waals surface area contributed by atoms with Crippen molar-refractivity contribution in [1.82, 2.24) is 25.6 Å². The Balaban J connectivity index is 0.00000320. The minimum Gasteiger partial charge on any atom is -0.361 e. The number of halogens is 2. The largest absolute Gasteiger partial charge is 0.361 e. The molecule has 0 aliphatic rings. The van der Waals surface area contributed by atoms with Crippen molar-refractivity contribution in [2.24, 2.45) is 4.99 Å². The Morgan fingerprint density at radius 2 is 1.97 bits per heavy atom. The van der Waals surface area contributed by atoms with Crippen LogP contribution in [0.3, 0.4) is 0 Å². The first-order valence-corrected chi connectivity index (χ1v) is 10.2. The van der Waals surface area contributed by atoms with Gasteiger partial charge in [0.05, 0.1) is 11.7 Å². The number of aromatic nitrogens is 3. The van der Waals surface area contributed by atoms with Gasteiger partial charge in [-0.2, -0.15) is 5.10 Å². The van der Waals surface area contributed by atoms with Crippen LogP contribution in [-0.2, 0) is 19.4 Å². The van der Waals surface area contributed by atoms with Gasteiger partial charge in [-0.3, -0.25) is 9.67 Å². The third kappa shape index (κ3) is 5.98. The lowest BCUT2D eigenvalue weighted by Crippen LogP contribution is -2.40. The fraction of sp³-hybridized carbons (Fsp3) is 0.381. The summed E-state index contributed by atoms with van der Waals surface area (Å²) in [5.74, 6) is 1.63. The van der Waals surface area contributed by atoms with Gasteiger partial charge in [0.25, 0.3) is 0 Å². The van der Waals surface area contributed by atoms with Crippen LogP contribution in [0.1, 0.15) is 42.5 Å². The van der Waals surface area contributed by atoms with Crippen molar-refractivity contribution in [2.45, 2.75) is 39.3 Å². The van der Waals surface area contributed by atoms with Gasteiger partial charge < -0.3 is 15.2 Å². The van der Waals surface area contributed by atoms with Gasteiger partial charge in [-0.25, -0.2) is 0 Å². The third-order valence-electron chi connectivity index (χ3n) is 4.83. The van der Waals surface area contributed by atoms with Crippen LogP contribution >= 0.6 is 35.6 Å². The lowest BCUT2D eigenvalue weighted by Gasteiger charge is -2.21. The zero-order valence-electron chi connectivity index (χ0n) is 17.4. The molecule has 0 aliphatic carbocycles. The van der Waals surface area contributed by atoms with Crippen LogP contribution in [0.15, 0.2) is 52.2 Å². The second kappa shape index (κ2) is 11.9. The number of nitrogens with zero attached hydrogens (tertiary/aromatic N) is 4. The molecule has 162 valence electrons. The first-order chi connectivity index (χ1) is 14.2. The molecule has 0 bridgehead atoms. The molecule has 1 atom stereocenters. The molecule has 2 N–H and O–H groups in total.